The lowest BCUT2D eigenvalue weighted by Gasteiger charge is -2.33. The summed E-state index contributed by atoms with van der Waals surface area (Å²) >= 11 is 6.09. The first-order valence-corrected chi connectivity index (χ1v) is 7.38. The van der Waals surface area contributed by atoms with Crippen molar-refractivity contribution in [1.82, 2.24) is 4.90 Å². The second-order valence-electron chi connectivity index (χ2n) is 5.60. The smallest absolute Gasteiger partial charge is 0.0429 e. The van der Waals surface area contributed by atoms with E-state index in [-0.39, 0.29) is 0 Å². The van der Waals surface area contributed by atoms with Gasteiger partial charge in [-0.05, 0) is 50.4 Å². The molecule has 0 saturated carbocycles. The van der Waals surface area contributed by atoms with Gasteiger partial charge in [0.25, 0.3) is 0 Å². The summed E-state index contributed by atoms with van der Waals surface area (Å²) in [7, 11) is 0. The van der Waals surface area contributed by atoms with Crippen LogP contribution in [-0.4, -0.2) is 30.1 Å². The molecule has 3 heteroatoms. The van der Waals surface area contributed by atoms with Gasteiger partial charge in [0.05, 0.1) is 0 Å². The Bertz CT molecular complexity index is 433. The summed E-state index contributed by atoms with van der Waals surface area (Å²) in [6.45, 7) is 4.69. The third kappa shape index (κ3) is 2.36. The van der Waals surface area contributed by atoms with E-state index in [1.807, 2.05) is 6.07 Å². The Morgan fingerprint density at radius 2 is 2.11 bits per heavy atom. The Morgan fingerprint density at radius 3 is 3.00 bits per heavy atom. The van der Waals surface area contributed by atoms with E-state index < -0.39 is 0 Å². The molecule has 1 aromatic rings. The van der Waals surface area contributed by atoms with Gasteiger partial charge in [-0.1, -0.05) is 24.1 Å². The molecule has 2 heterocycles. The lowest BCUT2D eigenvalue weighted by molar-refractivity contribution is 0.193. The maximum Gasteiger partial charge on any atom is 0.0429 e. The lowest BCUT2D eigenvalue weighted by atomic mass is 9.98. The first-order chi connectivity index (χ1) is 8.74. The number of rotatable bonds is 2. The van der Waals surface area contributed by atoms with Gasteiger partial charge in [0, 0.05) is 29.3 Å². The summed E-state index contributed by atoms with van der Waals surface area (Å²) in [6, 6.07) is 7.45. The summed E-state index contributed by atoms with van der Waals surface area (Å²) in [5, 5.41) is 4.54. The number of halogens is 1. The molecule has 0 aliphatic carbocycles. The number of aryl methyl sites for hydroxylation is 1. The van der Waals surface area contributed by atoms with E-state index in [0.717, 1.165) is 11.1 Å². The first kappa shape index (κ1) is 12.3. The summed E-state index contributed by atoms with van der Waals surface area (Å²) < 4.78 is 0. The quantitative estimate of drug-likeness (QED) is 0.877. The van der Waals surface area contributed by atoms with Crippen LogP contribution in [0.4, 0.5) is 5.69 Å². The van der Waals surface area contributed by atoms with Gasteiger partial charge in [0.15, 0.2) is 0 Å². The van der Waals surface area contributed by atoms with Gasteiger partial charge in [-0.3, -0.25) is 4.90 Å². The SMILES string of the molecule is Cc1ccc(Cl)cc1NC1CCN2CCCCC12. The zero-order valence-electron chi connectivity index (χ0n) is 11.0. The van der Waals surface area contributed by atoms with Crippen LogP contribution in [0.2, 0.25) is 5.02 Å². The van der Waals surface area contributed by atoms with Gasteiger partial charge in [-0.15, -0.1) is 0 Å². The normalized spacial score (nSPS) is 28.1. The molecular formula is C15H21ClN2. The monoisotopic (exact) mass is 264 g/mol. The van der Waals surface area contributed by atoms with Crippen LogP contribution in [0.25, 0.3) is 0 Å². The number of nitrogens with zero attached hydrogens (tertiary/aromatic N) is 1. The van der Waals surface area contributed by atoms with Crippen molar-refractivity contribution < 1.29 is 0 Å². The van der Waals surface area contributed by atoms with Crippen molar-refractivity contribution >= 4 is 17.3 Å². The largest absolute Gasteiger partial charge is 0.380 e. The summed E-state index contributed by atoms with van der Waals surface area (Å²) in [5.74, 6) is 0. The Hall–Kier alpha value is -0.730. The van der Waals surface area contributed by atoms with Crippen LogP contribution in [0.15, 0.2) is 18.2 Å². The second-order valence-corrected chi connectivity index (χ2v) is 6.03. The minimum Gasteiger partial charge on any atom is -0.380 e. The fourth-order valence-corrected chi connectivity index (χ4v) is 3.54. The molecule has 2 unspecified atom stereocenters. The predicted molar refractivity (Wildman–Crippen MR) is 77.4 cm³/mol. The zero-order chi connectivity index (χ0) is 12.5. The van der Waals surface area contributed by atoms with E-state index >= 15 is 0 Å². The van der Waals surface area contributed by atoms with Gasteiger partial charge in [0.1, 0.15) is 0 Å². The highest BCUT2D eigenvalue weighted by atomic mass is 35.5. The first-order valence-electron chi connectivity index (χ1n) is 7.01. The number of piperidine rings is 1. The van der Waals surface area contributed by atoms with Crippen molar-refractivity contribution in [2.75, 3.05) is 18.4 Å². The van der Waals surface area contributed by atoms with Crippen molar-refractivity contribution in [3.05, 3.63) is 28.8 Å². The summed E-state index contributed by atoms with van der Waals surface area (Å²) in [5.41, 5.74) is 2.49. The minimum atomic E-state index is 0.600. The predicted octanol–water partition coefficient (Wildman–Crippen LogP) is 3.69. The minimum absolute atomic E-state index is 0.600. The molecule has 0 spiro atoms. The highest BCUT2D eigenvalue weighted by Gasteiger charge is 2.35. The van der Waals surface area contributed by atoms with Gasteiger partial charge in [-0.2, -0.15) is 0 Å². The Kier molecular flexibility index (Phi) is 3.49. The third-order valence-corrected chi connectivity index (χ3v) is 4.63. The van der Waals surface area contributed by atoms with Crippen molar-refractivity contribution in [2.45, 2.75) is 44.7 Å². The van der Waals surface area contributed by atoms with Gasteiger partial charge in [0.2, 0.25) is 0 Å². The Balaban J connectivity index is 1.74. The Labute approximate surface area is 114 Å². The van der Waals surface area contributed by atoms with Crippen LogP contribution in [0.1, 0.15) is 31.2 Å². The maximum absolute atomic E-state index is 6.09. The molecule has 2 saturated heterocycles. The molecule has 98 valence electrons. The molecule has 1 N–H and O–H groups in total. The van der Waals surface area contributed by atoms with Crippen LogP contribution in [0.3, 0.4) is 0 Å². The molecule has 0 amide bonds. The molecule has 2 nitrogen and oxygen atoms in total. The van der Waals surface area contributed by atoms with Gasteiger partial charge in [-0.25, -0.2) is 0 Å². The fraction of sp³-hybridized carbons (Fsp3) is 0.600. The number of nitrogens with one attached hydrogen (secondary N) is 1. The number of anilines is 1. The number of benzene rings is 1. The standard InChI is InChI=1S/C15H21ClN2/c1-11-5-6-12(16)10-14(11)17-13-7-9-18-8-3-2-4-15(13)18/h5-6,10,13,15,17H,2-4,7-9H2,1H3. The molecule has 0 aromatic heterocycles. The van der Waals surface area contributed by atoms with Crippen LogP contribution in [0, 0.1) is 6.92 Å². The van der Waals surface area contributed by atoms with Crippen molar-refractivity contribution in [3.8, 4) is 0 Å². The number of fused-ring (bicyclic) bond motifs is 1. The molecular weight excluding hydrogens is 244 g/mol. The number of hydrogen-bond acceptors (Lipinski definition) is 2. The van der Waals surface area contributed by atoms with E-state index in [2.05, 4.69) is 29.3 Å². The van der Waals surface area contributed by atoms with Crippen LogP contribution in [-0.2, 0) is 0 Å². The highest BCUT2D eigenvalue weighted by molar-refractivity contribution is 6.30. The molecule has 1 aromatic carbocycles. The van der Waals surface area contributed by atoms with Crippen molar-refractivity contribution in [2.24, 2.45) is 0 Å². The summed E-state index contributed by atoms with van der Waals surface area (Å²) in [6.07, 6.45) is 5.36. The number of hydrogen-bond donors (Lipinski definition) is 1. The second kappa shape index (κ2) is 5.10. The average Bonchev–Trinajstić information content (AvgIpc) is 2.78. The molecule has 0 bridgehead atoms. The molecule has 2 fully saturated rings. The average molecular weight is 265 g/mol. The molecule has 3 rings (SSSR count). The summed E-state index contributed by atoms with van der Waals surface area (Å²) in [4.78, 5) is 2.65. The van der Waals surface area contributed by atoms with Crippen LogP contribution >= 0.6 is 11.6 Å². The van der Waals surface area contributed by atoms with Crippen LogP contribution < -0.4 is 5.32 Å². The fourth-order valence-electron chi connectivity index (χ4n) is 3.37. The lowest BCUT2D eigenvalue weighted by Crippen LogP contribution is -2.41. The zero-order valence-corrected chi connectivity index (χ0v) is 11.7. The van der Waals surface area contributed by atoms with Gasteiger partial charge < -0.3 is 5.32 Å². The Morgan fingerprint density at radius 1 is 1.22 bits per heavy atom. The van der Waals surface area contributed by atoms with E-state index in [9.17, 15) is 0 Å². The van der Waals surface area contributed by atoms with Crippen molar-refractivity contribution in [3.63, 3.8) is 0 Å². The molecule has 0 radical (unpaired) electrons. The topological polar surface area (TPSA) is 15.3 Å². The maximum atomic E-state index is 6.09. The molecule has 2 aliphatic rings. The van der Waals surface area contributed by atoms with Crippen molar-refractivity contribution in [1.29, 1.82) is 0 Å². The van der Waals surface area contributed by atoms with E-state index in [4.69, 9.17) is 11.6 Å². The third-order valence-electron chi connectivity index (χ3n) is 4.40. The van der Waals surface area contributed by atoms with Crippen LogP contribution in [0.5, 0.6) is 0 Å². The molecule has 18 heavy (non-hydrogen) atoms. The van der Waals surface area contributed by atoms with E-state index in [1.54, 1.807) is 0 Å². The van der Waals surface area contributed by atoms with E-state index in [1.165, 1.54) is 50.0 Å². The van der Waals surface area contributed by atoms with E-state index in [0.29, 0.717) is 6.04 Å². The molecule has 2 aliphatic heterocycles. The molecule has 2 atom stereocenters. The highest BCUT2D eigenvalue weighted by Crippen LogP contribution is 2.30. The van der Waals surface area contributed by atoms with Gasteiger partial charge >= 0.3 is 0 Å².